The van der Waals surface area contributed by atoms with E-state index in [2.05, 4.69) is 41.4 Å². The first-order valence-electron chi connectivity index (χ1n) is 5.35. The maximum absolute atomic E-state index is 3.50. The molecule has 1 aromatic heterocycles. The van der Waals surface area contributed by atoms with Crippen molar-refractivity contribution in [2.75, 3.05) is 19.0 Å². The largest absolute Gasteiger partial charge is 0.323 e. The van der Waals surface area contributed by atoms with Gasteiger partial charge in [0, 0.05) is 31.0 Å². The molecule has 1 fully saturated rings. The van der Waals surface area contributed by atoms with Gasteiger partial charge in [-0.25, -0.2) is 0 Å². The van der Waals surface area contributed by atoms with Crippen LogP contribution in [0.2, 0.25) is 0 Å². The molecule has 0 saturated carbocycles. The molecular weight excluding hydrogens is 174 g/mol. The Morgan fingerprint density at radius 1 is 1.29 bits per heavy atom. The van der Waals surface area contributed by atoms with Crippen molar-refractivity contribution in [2.45, 2.75) is 31.8 Å². The van der Waals surface area contributed by atoms with Gasteiger partial charge in [-0.2, -0.15) is 0 Å². The maximum atomic E-state index is 3.50. The Hall–Kier alpha value is -0.960. The molecule has 3 nitrogen and oxygen atoms in total. The van der Waals surface area contributed by atoms with Crippen LogP contribution >= 0.6 is 0 Å². The van der Waals surface area contributed by atoms with E-state index < -0.39 is 0 Å². The predicted octanol–water partition coefficient (Wildman–Crippen LogP) is 1.51. The van der Waals surface area contributed by atoms with Crippen LogP contribution < -0.4 is 5.43 Å². The predicted molar refractivity (Wildman–Crippen MR) is 58.9 cm³/mol. The molecule has 1 N–H and O–H groups in total. The molecule has 1 aliphatic heterocycles. The van der Waals surface area contributed by atoms with Gasteiger partial charge in [0.1, 0.15) is 0 Å². The zero-order valence-corrected chi connectivity index (χ0v) is 8.98. The van der Waals surface area contributed by atoms with Gasteiger partial charge in [0.05, 0.1) is 0 Å². The first kappa shape index (κ1) is 9.59. The molecule has 0 aromatic carbocycles. The molecule has 1 aromatic rings. The first-order chi connectivity index (χ1) is 6.75. The Bertz CT molecular complexity index is 268. The molecule has 0 bridgehead atoms. The molecule has 0 amide bonds. The Kier molecular flexibility index (Phi) is 2.77. The summed E-state index contributed by atoms with van der Waals surface area (Å²) < 4.78 is 2.06. The lowest BCUT2D eigenvalue weighted by Crippen LogP contribution is -2.44. The molecular formula is C11H19N3. The van der Waals surface area contributed by atoms with Gasteiger partial charge < -0.3 is 10.3 Å². The van der Waals surface area contributed by atoms with Gasteiger partial charge in [0.2, 0.25) is 0 Å². The average molecular weight is 193 g/mol. The van der Waals surface area contributed by atoms with Crippen LogP contribution in [0.5, 0.6) is 0 Å². The van der Waals surface area contributed by atoms with Crippen molar-refractivity contribution in [1.29, 1.82) is 0 Å². The molecule has 2 unspecified atom stereocenters. The van der Waals surface area contributed by atoms with Crippen LogP contribution in [0.1, 0.15) is 19.8 Å². The van der Waals surface area contributed by atoms with Crippen molar-refractivity contribution in [3.63, 3.8) is 0 Å². The summed E-state index contributed by atoms with van der Waals surface area (Å²) in [6.07, 6.45) is 6.58. The van der Waals surface area contributed by atoms with Crippen LogP contribution in [-0.4, -0.2) is 35.3 Å². The Labute approximate surface area is 85.7 Å². The fourth-order valence-corrected chi connectivity index (χ4v) is 2.04. The van der Waals surface area contributed by atoms with Crippen molar-refractivity contribution in [1.82, 2.24) is 9.58 Å². The monoisotopic (exact) mass is 193 g/mol. The lowest BCUT2D eigenvalue weighted by Gasteiger charge is -2.35. The molecule has 0 spiro atoms. The fraction of sp³-hybridized carbons (Fsp3) is 0.636. The third-order valence-electron chi connectivity index (χ3n) is 3.14. The van der Waals surface area contributed by atoms with E-state index in [0.717, 1.165) is 0 Å². The van der Waals surface area contributed by atoms with Crippen LogP contribution in [0, 0.1) is 0 Å². The normalized spacial score (nSPS) is 29.0. The highest BCUT2D eigenvalue weighted by atomic mass is 15.4. The van der Waals surface area contributed by atoms with Gasteiger partial charge >= 0.3 is 0 Å². The second-order valence-electron chi connectivity index (χ2n) is 4.27. The zero-order valence-electron chi connectivity index (χ0n) is 8.98. The summed E-state index contributed by atoms with van der Waals surface area (Å²) in [5, 5.41) is 0. The minimum atomic E-state index is 0.619. The summed E-state index contributed by atoms with van der Waals surface area (Å²) >= 11 is 0. The first-order valence-corrected chi connectivity index (χ1v) is 5.35. The van der Waals surface area contributed by atoms with E-state index in [4.69, 9.17) is 0 Å². The number of nitrogens with zero attached hydrogens (tertiary/aromatic N) is 2. The van der Waals surface area contributed by atoms with E-state index in [1.165, 1.54) is 19.4 Å². The number of hydrogen-bond donors (Lipinski definition) is 1. The maximum Gasteiger partial charge on any atom is 0.0451 e. The van der Waals surface area contributed by atoms with E-state index in [0.29, 0.717) is 12.1 Å². The third-order valence-corrected chi connectivity index (χ3v) is 3.14. The minimum absolute atomic E-state index is 0.619. The van der Waals surface area contributed by atoms with Crippen LogP contribution in [0.15, 0.2) is 24.5 Å². The summed E-state index contributed by atoms with van der Waals surface area (Å²) in [4.78, 5) is 2.42. The van der Waals surface area contributed by atoms with Crippen LogP contribution in [0.25, 0.3) is 0 Å². The summed E-state index contributed by atoms with van der Waals surface area (Å²) in [5.74, 6) is 0. The summed E-state index contributed by atoms with van der Waals surface area (Å²) in [7, 11) is 2.20. The van der Waals surface area contributed by atoms with E-state index in [1.54, 1.807) is 0 Å². The number of rotatable bonds is 2. The molecule has 2 rings (SSSR count). The SMILES string of the molecule is CC1CC(Nn2cccc2)CCN1C. The Morgan fingerprint density at radius 3 is 2.64 bits per heavy atom. The fourth-order valence-electron chi connectivity index (χ4n) is 2.04. The second kappa shape index (κ2) is 4.05. The molecule has 1 aliphatic rings. The van der Waals surface area contributed by atoms with Gasteiger partial charge in [-0.3, -0.25) is 4.68 Å². The summed E-state index contributed by atoms with van der Waals surface area (Å²) in [6, 6.07) is 5.40. The molecule has 14 heavy (non-hydrogen) atoms. The van der Waals surface area contributed by atoms with Gasteiger partial charge in [-0.15, -0.1) is 0 Å². The molecule has 2 heterocycles. The number of nitrogens with one attached hydrogen (secondary N) is 1. The smallest absolute Gasteiger partial charge is 0.0451 e. The van der Waals surface area contributed by atoms with Crippen molar-refractivity contribution < 1.29 is 0 Å². The summed E-state index contributed by atoms with van der Waals surface area (Å²) in [5.41, 5.74) is 3.50. The van der Waals surface area contributed by atoms with Crippen LogP contribution in [-0.2, 0) is 0 Å². The molecule has 0 radical (unpaired) electrons. The number of hydrogen-bond acceptors (Lipinski definition) is 2. The van der Waals surface area contributed by atoms with Crippen molar-refractivity contribution in [2.24, 2.45) is 0 Å². The standard InChI is InChI=1S/C11H19N3/c1-10-9-11(5-8-13(10)2)12-14-6-3-4-7-14/h3-4,6-7,10-12H,5,8-9H2,1-2H3. The second-order valence-corrected chi connectivity index (χ2v) is 4.27. The van der Waals surface area contributed by atoms with Gasteiger partial charge in [0.15, 0.2) is 0 Å². The van der Waals surface area contributed by atoms with E-state index in [1.807, 2.05) is 12.1 Å². The lowest BCUT2D eigenvalue weighted by molar-refractivity contribution is 0.185. The third kappa shape index (κ3) is 2.10. The molecule has 2 atom stereocenters. The van der Waals surface area contributed by atoms with Gasteiger partial charge in [-0.1, -0.05) is 0 Å². The number of likely N-dealkylation sites (tertiary alicyclic amines) is 1. The van der Waals surface area contributed by atoms with Gasteiger partial charge in [0.25, 0.3) is 0 Å². The Balaban J connectivity index is 1.88. The number of piperidine rings is 1. The Morgan fingerprint density at radius 2 is 2.00 bits per heavy atom. The molecule has 1 saturated heterocycles. The highest BCUT2D eigenvalue weighted by molar-refractivity contribution is 4.97. The highest BCUT2D eigenvalue weighted by Crippen LogP contribution is 2.15. The van der Waals surface area contributed by atoms with E-state index in [9.17, 15) is 0 Å². The number of aromatic nitrogens is 1. The quantitative estimate of drug-likeness (QED) is 0.768. The summed E-state index contributed by atoms with van der Waals surface area (Å²) in [6.45, 7) is 3.49. The van der Waals surface area contributed by atoms with E-state index in [-0.39, 0.29) is 0 Å². The minimum Gasteiger partial charge on any atom is -0.323 e. The average Bonchev–Trinajstić information content (AvgIpc) is 2.64. The van der Waals surface area contributed by atoms with Crippen molar-refractivity contribution in [3.8, 4) is 0 Å². The van der Waals surface area contributed by atoms with Crippen LogP contribution in [0.3, 0.4) is 0 Å². The van der Waals surface area contributed by atoms with Gasteiger partial charge in [-0.05, 0) is 38.9 Å². The zero-order chi connectivity index (χ0) is 9.97. The molecule has 3 heteroatoms. The van der Waals surface area contributed by atoms with Crippen molar-refractivity contribution in [3.05, 3.63) is 24.5 Å². The van der Waals surface area contributed by atoms with Crippen molar-refractivity contribution >= 4 is 0 Å². The lowest BCUT2D eigenvalue weighted by atomic mass is 10.00. The molecule has 78 valence electrons. The van der Waals surface area contributed by atoms with E-state index >= 15 is 0 Å². The highest BCUT2D eigenvalue weighted by Gasteiger charge is 2.22. The molecule has 0 aliphatic carbocycles. The van der Waals surface area contributed by atoms with Crippen LogP contribution in [0.4, 0.5) is 0 Å². The topological polar surface area (TPSA) is 20.2 Å².